The summed E-state index contributed by atoms with van der Waals surface area (Å²) in [5.74, 6) is 1.03. The van der Waals surface area contributed by atoms with E-state index < -0.39 is 5.97 Å². The maximum absolute atomic E-state index is 12.0. The summed E-state index contributed by atoms with van der Waals surface area (Å²) in [4.78, 5) is 22.5. The first-order valence-electron chi connectivity index (χ1n) is 10.0. The van der Waals surface area contributed by atoms with Crippen molar-refractivity contribution >= 4 is 12.3 Å². The van der Waals surface area contributed by atoms with Crippen LogP contribution in [0.2, 0.25) is 0 Å². The first kappa shape index (κ1) is 24.9. The average molecular weight is 367 g/mol. The van der Waals surface area contributed by atoms with Gasteiger partial charge in [0.15, 0.2) is 0 Å². The first-order chi connectivity index (χ1) is 11.7. The van der Waals surface area contributed by atoms with Crippen LogP contribution in [0.5, 0.6) is 0 Å². The molecule has 0 heterocycles. The molecule has 0 bridgehead atoms. The molecule has 0 aliphatic heterocycles. The van der Waals surface area contributed by atoms with Gasteiger partial charge < -0.3 is 9.53 Å². The lowest BCUT2D eigenvalue weighted by Crippen LogP contribution is -2.25. The molecule has 0 aliphatic carbocycles. The Hall–Kier alpha value is -1.12. The quantitative estimate of drug-likeness (QED) is 0.248. The summed E-state index contributed by atoms with van der Waals surface area (Å²) < 4.78 is 5.49. The Morgan fingerprint density at radius 3 is 2.00 bits per heavy atom. The van der Waals surface area contributed by atoms with Crippen LogP contribution in [0, 0.1) is 28.6 Å². The molecule has 26 heavy (non-hydrogen) atoms. The fourth-order valence-corrected chi connectivity index (χ4v) is 3.78. The minimum absolute atomic E-state index is 0.0453. The van der Waals surface area contributed by atoms with Crippen LogP contribution in [0.25, 0.3) is 0 Å². The zero-order valence-electron chi connectivity index (χ0n) is 18.5. The molecule has 0 fully saturated rings. The van der Waals surface area contributed by atoms with Gasteiger partial charge >= 0.3 is 5.97 Å². The Morgan fingerprint density at radius 1 is 1.00 bits per heavy atom. The molecule has 0 aliphatic rings. The van der Waals surface area contributed by atoms with E-state index in [4.69, 9.17) is 4.74 Å². The molecule has 0 aromatic heterocycles. The Labute approximate surface area is 162 Å². The molecule has 3 unspecified atom stereocenters. The van der Waals surface area contributed by atoms with Crippen molar-refractivity contribution in [2.75, 3.05) is 6.61 Å². The standard InChI is InChI=1S/C23H42O3/c1-17(14-22(4,5)6)10-11-20(19(3)15-23(7,8)9)16-26-21(25)18(2)12-13-24/h13,17,19-20H,2,10-12,14-16H2,1,3-9H3. The molecule has 0 rings (SSSR count). The van der Waals surface area contributed by atoms with Gasteiger partial charge in [-0.15, -0.1) is 0 Å². The van der Waals surface area contributed by atoms with Crippen molar-refractivity contribution in [2.24, 2.45) is 28.6 Å². The number of hydrogen-bond acceptors (Lipinski definition) is 3. The van der Waals surface area contributed by atoms with Gasteiger partial charge in [-0.25, -0.2) is 4.79 Å². The van der Waals surface area contributed by atoms with Gasteiger partial charge in [0, 0.05) is 12.0 Å². The Kier molecular flexibility index (Phi) is 10.4. The number of aldehydes is 1. The minimum atomic E-state index is -0.437. The smallest absolute Gasteiger partial charge is 0.333 e. The van der Waals surface area contributed by atoms with Gasteiger partial charge in [-0.05, 0) is 47.8 Å². The minimum Gasteiger partial charge on any atom is -0.462 e. The lowest BCUT2D eigenvalue weighted by molar-refractivity contribution is -0.141. The van der Waals surface area contributed by atoms with E-state index in [2.05, 4.69) is 62.0 Å². The molecule has 0 N–H and O–H groups in total. The van der Waals surface area contributed by atoms with Crippen molar-refractivity contribution in [3.05, 3.63) is 12.2 Å². The fourth-order valence-electron chi connectivity index (χ4n) is 3.78. The molecule has 0 amide bonds. The molecule has 152 valence electrons. The predicted octanol–water partition coefficient (Wildman–Crippen LogP) is 6.22. The van der Waals surface area contributed by atoms with Crippen molar-refractivity contribution in [3.8, 4) is 0 Å². The molecule has 3 nitrogen and oxygen atoms in total. The Morgan fingerprint density at radius 2 is 1.54 bits per heavy atom. The van der Waals surface area contributed by atoms with Crippen LogP contribution in [-0.2, 0) is 14.3 Å². The summed E-state index contributed by atoms with van der Waals surface area (Å²) in [7, 11) is 0. The summed E-state index contributed by atoms with van der Waals surface area (Å²) in [6, 6.07) is 0. The van der Waals surface area contributed by atoms with Gasteiger partial charge in [0.2, 0.25) is 0 Å². The highest BCUT2D eigenvalue weighted by molar-refractivity contribution is 5.90. The fraction of sp³-hybridized carbons (Fsp3) is 0.826. The monoisotopic (exact) mass is 366 g/mol. The second-order valence-corrected chi connectivity index (χ2v) is 10.5. The molecule has 3 atom stereocenters. The third kappa shape index (κ3) is 12.3. The number of carbonyl (C=O) groups excluding carboxylic acids is 2. The van der Waals surface area contributed by atoms with Crippen LogP contribution in [0.4, 0.5) is 0 Å². The first-order valence-corrected chi connectivity index (χ1v) is 10.0. The van der Waals surface area contributed by atoms with Crippen molar-refractivity contribution in [1.82, 2.24) is 0 Å². The number of esters is 1. The van der Waals surface area contributed by atoms with E-state index in [0.717, 1.165) is 19.3 Å². The second-order valence-electron chi connectivity index (χ2n) is 10.5. The normalized spacial score (nSPS) is 15.8. The maximum atomic E-state index is 12.0. The Bertz CT molecular complexity index is 451. The molecule has 0 spiro atoms. The topological polar surface area (TPSA) is 43.4 Å². The molecule has 0 saturated heterocycles. The van der Waals surface area contributed by atoms with E-state index in [1.54, 1.807) is 0 Å². The molecule has 0 saturated carbocycles. The Balaban J connectivity index is 4.81. The van der Waals surface area contributed by atoms with Gasteiger partial charge in [-0.3, -0.25) is 0 Å². The van der Waals surface area contributed by atoms with Gasteiger partial charge in [0.25, 0.3) is 0 Å². The number of ether oxygens (including phenoxy) is 1. The van der Waals surface area contributed by atoms with Gasteiger partial charge in [0.05, 0.1) is 6.61 Å². The zero-order valence-corrected chi connectivity index (χ0v) is 18.5. The van der Waals surface area contributed by atoms with Crippen molar-refractivity contribution in [2.45, 2.75) is 87.5 Å². The molecular formula is C23H42O3. The van der Waals surface area contributed by atoms with Gasteiger partial charge in [-0.1, -0.05) is 68.4 Å². The third-order valence-corrected chi connectivity index (χ3v) is 4.78. The highest BCUT2D eigenvalue weighted by Crippen LogP contribution is 2.33. The second kappa shape index (κ2) is 10.9. The number of carbonyl (C=O) groups is 2. The summed E-state index contributed by atoms with van der Waals surface area (Å²) in [6.07, 6.45) is 5.23. The van der Waals surface area contributed by atoms with Gasteiger partial charge in [-0.2, -0.15) is 0 Å². The molecule has 0 aromatic rings. The van der Waals surface area contributed by atoms with Crippen LogP contribution in [-0.4, -0.2) is 18.9 Å². The lowest BCUT2D eigenvalue weighted by Gasteiger charge is -2.31. The maximum Gasteiger partial charge on any atom is 0.333 e. The van der Waals surface area contributed by atoms with Gasteiger partial charge in [0.1, 0.15) is 6.29 Å². The molecular weight excluding hydrogens is 324 g/mol. The summed E-state index contributed by atoms with van der Waals surface area (Å²) >= 11 is 0. The van der Waals surface area contributed by atoms with Crippen molar-refractivity contribution in [1.29, 1.82) is 0 Å². The predicted molar refractivity (Wildman–Crippen MR) is 110 cm³/mol. The summed E-state index contributed by atoms with van der Waals surface area (Å²) in [5, 5.41) is 0. The average Bonchev–Trinajstić information content (AvgIpc) is 2.43. The lowest BCUT2D eigenvalue weighted by atomic mass is 9.76. The van der Waals surface area contributed by atoms with E-state index in [0.29, 0.717) is 36.1 Å². The van der Waals surface area contributed by atoms with Crippen LogP contribution >= 0.6 is 0 Å². The molecule has 3 heteroatoms. The van der Waals surface area contributed by atoms with Crippen LogP contribution < -0.4 is 0 Å². The van der Waals surface area contributed by atoms with Crippen LogP contribution in [0.3, 0.4) is 0 Å². The highest BCUT2D eigenvalue weighted by Gasteiger charge is 2.26. The van der Waals surface area contributed by atoms with E-state index >= 15 is 0 Å². The molecule has 0 radical (unpaired) electrons. The van der Waals surface area contributed by atoms with E-state index in [-0.39, 0.29) is 17.4 Å². The van der Waals surface area contributed by atoms with E-state index in [9.17, 15) is 9.59 Å². The highest BCUT2D eigenvalue weighted by atomic mass is 16.5. The largest absolute Gasteiger partial charge is 0.462 e. The SMILES string of the molecule is C=C(CC=O)C(=O)OCC(CCC(C)CC(C)(C)C)C(C)CC(C)(C)C. The molecule has 0 aromatic carbocycles. The zero-order chi connectivity index (χ0) is 20.5. The van der Waals surface area contributed by atoms with Crippen molar-refractivity contribution < 1.29 is 14.3 Å². The number of rotatable bonds is 11. The van der Waals surface area contributed by atoms with E-state index in [1.165, 1.54) is 6.42 Å². The van der Waals surface area contributed by atoms with Crippen LogP contribution in [0.15, 0.2) is 12.2 Å². The number of hydrogen-bond donors (Lipinski definition) is 0. The third-order valence-electron chi connectivity index (χ3n) is 4.78. The van der Waals surface area contributed by atoms with Crippen molar-refractivity contribution in [3.63, 3.8) is 0 Å². The summed E-state index contributed by atoms with van der Waals surface area (Å²) in [6.45, 7) is 22.2. The van der Waals surface area contributed by atoms with Crippen LogP contribution in [0.1, 0.15) is 87.5 Å². The summed E-state index contributed by atoms with van der Waals surface area (Å²) in [5.41, 5.74) is 0.827. The van der Waals surface area contributed by atoms with E-state index in [1.807, 2.05) is 0 Å².